The molecular formula is C4H14Pb+2. The monoisotopic (exact) mass is 270 g/mol. The molecule has 0 bridgehead atoms. The molecule has 0 aliphatic heterocycles. The number of hydrogen-bond donors (Lipinski definition) is 0. The Morgan fingerprint density at radius 3 is 1.00 bits per heavy atom. The molecule has 0 aromatic heterocycles. The van der Waals surface area contributed by atoms with Gasteiger partial charge in [-0.05, 0) is 0 Å². The summed E-state index contributed by atoms with van der Waals surface area (Å²) in [4.78, 5) is 0. The molecule has 4 radical (unpaired) electrons. The third kappa shape index (κ3) is 49.4. The maximum absolute atomic E-state index is 3.25. The van der Waals surface area contributed by atoms with E-state index in [9.17, 15) is 0 Å². The fourth-order valence-electron chi connectivity index (χ4n) is 0. The molecule has 0 spiro atoms. The Labute approximate surface area is 58.1 Å². The first-order chi connectivity index (χ1) is 2.00. The van der Waals surface area contributed by atoms with Gasteiger partial charge >= 0.3 is 27.3 Å². The van der Waals surface area contributed by atoms with Gasteiger partial charge in [0.05, 0.1) is 0 Å². The summed E-state index contributed by atoms with van der Waals surface area (Å²) in [5.41, 5.74) is 0. The predicted octanol–water partition coefficient (Wildman–Crippen LogP) is 1.79. The molecule has 0 aliphatic carbocycles. The van der Waals surface area contributed by atoms with Gasteiger partial charge in [0.15, 0.2) is 0 Å². The minimum atomic E-state index is 0. The molecule has 0 aromatic carbocycles. The van der Waals surface area contributed by atoms with E-state index < -0.39 is 0 Å². The molecule has 0 atom stereocenters. The van der Waals surface area contributed by atoms with Crippen molar-refractivity contribution in [1.29, 1.82) is 0 Å². The van der Waals surface area contributed by atoms with E-state index in [0.717, 1.165) is 0 Å². The van der Waals surface area contributed by atoms with Crippen molar-refractivity contribution >= 4 is 27.3 Å². The van der Waals surface area contributed by atoms with Crippen molar-refractivity contribution in [3.05, 3.63) is 13.8 Å². The summed E-state index contributed by atoms with van der Waals surface area (Å²) in [6.07, 6.45) is 0. The third-order valence-corrected chi connectivity index (χ3v) is 0. The van der Waals surface area contributed by atoms with Crippen molar-refractivity contribution < 1.29 is 2.85 Å². The van der Waals surface area contributed by atoms with Crippen LogP contribution in [0.25, 0.3) is 0 Å². The van der Waals surface area contributed by atoms with Crippen LogP contribution in [-0.2, 0) is 0 Å². The standard InChI is InChI=1S/2C2H5.Pb.2H2/c2*1-2;;;/h2*1H2,2H3;;2*1H/q;;+2;;. The first kappa shape index (κ1) is 16.8. The van der Waals surface area contributed by atoms with E-state index in [1.807, 2.05) is 0 Å². The van der Waals surface area contributed by atoms with Gasteiger partial charge in [0.1, 0.15) is 0 Å². The van der Waals surface area contributed by atoms with Crippen LogP contribution < -0.4 is 0 Å². The summed E-state index contributed by atoms with van der Waals surface area (Å²) in [5, 5.41) is 0. The summed E-state index contributed by atoms with van der Waals surface area (Å²) in [5.74, 6) is 0. The van der Waals surface area contributed by atoms with Crippen molar-refractivity contribution in [2.45, 2.75) is 13.8 Å². The molecule has 0 fully saturated rings. The molecule has 5 heavy (non-hydrogen) atoms. The Kier molecular flexibility index (Phi) is 299. The van der Waals surface area contributed by atoms with Gasteiger partial charge in [-0.2, -0.15) is 0 Å². The van der Waals surface area contributed by atoms with Crippen molar-refractivity contribution in [1.82, 2.24) is 0 Å². The van der Waals surface area contributed by atoms with Gasteiger partial charge in [0.2, 0.25) is 0 Å². The van der Waals surface area contributed by atoms with Crippen LogP contribution in [0.15, 0.2) is 0 Å². The topological polar surface area (TPSA) is 0 Å². The van der Waals surface area contributed by atoms with Gasteiger partial charge in [-0.3, -0.25) is 0 Å². The Bertz CT molecular complexity index is 9.65. The quantitative estimate of drug-likeness (QED) is 0.588. The van der Waals surface area contributed by atoms with Crippen LogP contribution in [0, 0.1) is 13.8 Å². The second-order valence-corrected chi connectivity index (χ2v) is 0. The molecule has 0 N–H and O–H groups in total. The zero-order chi connectivity index (χ0) is 4.00. The minimum absolute atomic E-state index is 0. The van der Waals surface area contributed by atoms with Crippen molar-refractivity contribution in [2.75, 3.05) is 0 Å². The molecule has 0 saturated heterocycles. The molecule has 0 nitrogen and oxygen atoms in total. The number of rotatable bonds is 0. The van der Waals surface area contributed by atoms with E-state index >= 15 is 0 Å². The van der Waals surface area contributed by atoms with Gasteiger partial charge in [-0.1, -0.05) is 27.7 Å². The molecule has 0 unspecified atom stereocenters. The maximum atomic E-state index is 3.25. The molecule has 0 aliphatic rings. The normalized spacial score (nSPS) is 2.40. The summed E-state index contributed by atoms with van der Waals surface area (Å²) in [7, 11) is 0. The van der Waals surface area contributed by atoms with Crippen LogP contribution in [0.2, 0.25) is 0 Å². The van der Waals surface area contributed by atoms with Gasteiger partial charge in [0.25, 0.3) is 0 Å². The summed E-state index contributed by atoms with van der Waals surface area (Å²) >= 11 is 0. The van der Waals surface area contributed by atoms with E-state index in [0.29, 0.717) is 0 Å². The van der Waals surface area contributed by atoms with Crippen LogP contribution in [0.1, 0.15) is 16.7 Å². The SMILES string of the molecule is [CH2]C.[CH2]C.[HH].[HH].[Pb+2]. The average Bonchev–Trinajstić information content (AvgIpc) is 1.50. The Balaban J connectivity index is -0.00000000267. The zero-order valence-electron chi connectivity index (χ0n) is 3.91. The smallest absolute Gasteiger partial charge is 0.0654 e. The van der Waals surface area contributed by atoms with Gasteiger partial charge in [-0.15, -0.1) is 0 Å². The van der Waals surface area contributed by atoms with Crippen LogP contribution in [0.5, 0.6) is 0 Å². The maximum Gasteiger partial charge on any atom is 2.00 e. The number of hydrogen-bond acceptors (Lipinski definition) is 0. The largest absolute Gasteiger partial charge is 2.00 e. The molecule has 0 aromatic rings. The Morgan fingerprint density at radius 2 is 1.00 bits per heavy atom. The molecule has 1 heteroatoms. The van der Waals surface area contributed by atoms with Gasteiger partial charge in [0, 0.05) is 2.85 Å². The molecule has 0 heterocycles. The molecule has 0 rings (SSSR count). The van der Waals surface area contributed by atoms with Crippen LogP contribution in [0.4, 0.5) is 0 Å². The molecule has 0 amide bonds. The molecule has 32 valence electrons. The van der Waals surface area contributed by atoms with Crippen LogP contribution in [-0.4, -0.2) is 27.3 Å². The minimum Gasteiger partial charge on any atom is -0.0654 e. The Morgan fingerprint density at radius 1 is 1.00 bits per heavy atom. The van der Waals surface area contributed by atoms with Crippen LogP contribution >= 0.6 is 0 Å². The van der Waals surface area contributed by atoms with Gasteiger partial charge in [-0.25, -0.2) is 0 Å². The second kappa shape index (κ2) is 89.1. The van der Waals surface area contributed by atoms with Crippen molar-refractivity contribution in [3.8, 4) is 0 Å². The van der Waals surface area contributed by atoms with E-state index in [2.05, 4.69) is 13.8 Å². The first-order valence-corrected chi connectivity index (χ1v) is 1.41. The molecule has 0 saturated carbocycles. The van der Waals surface area contributed by atoms with E-state index in [4.69, 9.17) is 0 Å². The Hall–Kier alpha value is 0.922. The summed E-state index contributed by atoms with van der Waals surface area (Å²) < 4.78 is 0. The van der Waals surface area contributed by atoms with E-state index in [-0.39, 0.29) is 30.2 Å². The first-order valence-electron chi connectivity index (χ1n) is 1.41. The fourth-order valence-corrected chi connectivity index (χ4v) is 0. The van der Waals surface area contributed by atoms with Gasteiger partial charge < -0.3 is 0 Å². The molecular weight excluding hydrogens is 255 g/mol. The van der Waals surface area contributed by atoms with Crippen molar-refractivity contribution in [2.24, 2.45) is 0 Å². The van der Waals surface area contributed by atoms with Crippen LogP contribution in [0.3, 0.4) is 0 Å². The van der Waals surface area contributed by atoms with Crippen molar-refractivity contribution in [3.63, 3.8) is 0 Å². The zero-order valence-corrected chi connectivity index (χ0v) is 7.80. The second-order valence-electron chi connectivity index (χ2n) is 0. The van der Waals surface area contributed by atoms with E-state index in [1.54, 1.807) is 13.8 Å². The third-order valence-electron chi connectivity index (χ3n) is 0. The summed E-state index contributed by atoms with van der Waals surface area (Å²) in [6.45, 7) is 10.0. The van der Waals surface area contributed by atoms with E-state index in [1.165, 1.54) is 0 Å². The predicted molar refractivity (Wildman–Crippen MR) is 32.0 cm³/mol. The average molecular weight is 269 g/mol. The fraction of sp³-hybridized carbons (Fsp3) is 0.500. The summed E-state index contributed by atoms with van der Waals surface area (Å²) in [6, 6.07) is 0.